The van der Waals surface area contributed by atoms with E-state index >= 15 is 0 Å². The number of hydrogen-bond acceptors (Lipinski definition) is 3. The molecular weight excluding hydrogens is 312 g/mol. The van der Waals surface area contributed by atoms with E-state index in [2.05, 4.69) is 17.4 Å². The maximum atomic E-state index is 12.7. The number of aryl methyl sites for hydroxylation is 1. The molecule has 0 spiro atoms. The maximum Gasteiger partial charge on any atom is 0.236 e. The zero-order valence-electron chi connectivity index (χ0n) is 14.7. The van der Waals surface area contributed by atoms with Gasteiger partial charge >= 0.3 is 0 Å². The second kappa shape index (κ2) is 7.81. The molecule has 0 heterocycles. The van der Waals surface area contributed by atoms with Crippen molar-refractivity contribution in [3.63, 3.8) is 0 Å². The molecule has 25 heavy (non-hydrogen) atoms. The normalized spacial score (nSPS) is 18.8. The maximum absolute atomic E-state index is 12.7. The van der Waals surface area contributed by atoms with Crippen LogP contribution in [0.25, 0.3) is 0 Å². The van der Waals surface area contributed by atoms with Crippen molar-refractivity contribution in [3.05, 3.63) is 71.3 Å². The first-order valence-corrected chi connectivity index (χ1v) is 8.94. The van der Waals surface area contributed by atoms with Gasteiger partial charge in [-0.1, -0.05) is 54.6 Å². The second-order valence-corrected chi connectivity index (χ2v) is 6.64. The van der Waals surface area contributed by atoms with E-state index in [9.17, 15) is 9.90 Å². The van der Waals surface area contributed by atoms with E-state index in [1.165, 1.54) is 5.56 Å². The van der Waals surface area contributed by atoms with Crippen LogP contribution in [0, 0.1) is 0 Å². The van der Waals surface area contributed by atoms with Gasteiger partial charge in [0.2, 0.25) is 5.91 Å². The Morgan fingerprint density at radius 2 is 1.88 bits per heavy atom. The monoisotopic (exact) mass is 338 g/mol. The van der Waals surface area contributed by atoms with Gasteiger partial charge in [0.05, 0.1) is 18.7 Å². The van der Waals surface area contributed by atoms with Crippen molar-refractivity contribution in [2.24, 2.45) is 0 Å². The summed E-state index contributed by atoms with van der Waals surface area (Å²) in [7, 11) is 0. The number of amides is 1. The average Bonchev–Trinajstić information content (AvgIpc) is 3.04. The largest absolute Gasteiger partial charge is 0.394 e. The van der Waals surface area contributed by atoms with Crippen LogP contribution in [0.15, 0.2) is 54.6 Å². The van der Waals surface area contributed by atoms with Crippen molar-refractivity contribution in [1.82, 2.24) is 10.2 Å². The minimum Gasteiger partial charge on any atom is -0.394 e. The highest BCUT2D eigenvalue weighted by molar-refractivity contribution is 5.78. The zero-order chi connectivity index (χ0) is 17.7. The Labute approximate surface area is 149 Å². The lowest BCUT2D eigenvalue weighted by Crippen LogP contribution is -2.49. The second-order valence-electron chi connectivity index (χ2n) is 6.64. The Bertz CT molecular complexity index is 717. The van der Waals surface area contributed by atoms with Gasteiger partial charge in [0.25, 0.3) is 0 Å². The van der Waals surface area contributed by atoms with Gasteiger partial charge in [0.15, 0.2) is 0 Å². The number of benzene rings is 2. The minimum atomic E-state index is -0.502. The predicted octanol–water partition coefficient (Wildman–Crippen LogP) is 2.46. The van der Waals surface area contributed by atoms with E-state index in [1.807, 2.05) is 54.3 Å². The van der Waals surface area contributed by atoms with Gasteiger partial charge in [-0.25, -0.2) is 0 Å². The van der Waals surface area contributed by atoms with E-state index in [4.69, 9.17) is 0 Å². The fraction of sp³-hybridized carbons (Fsp3) is 0.381. The van der Waals surface area contributed by atoms with Crippen LogP contribution in [0.2, 0.25) is 0 Å². The molecule has 0 saturated heterocycles. The Morgan fingerprint density at radius 1 is 1.16 bits per heavy atom. The summed E-state index contributed by atoms with van der Waals surface area (Å²) in [5.41, 5.74) is 3.00. The van der Waals surface area contributed by atoms with Gasteiger partial charge in [-0.05, 0) is 36.5 Å². The molecule has 1 amide bonds. The number of aliphatic hydroxyl groups is 1. The fourth-order valence-electron chi connectivity index (χ4n) is 3.63. The van der Waals surface area contributed by atoms with E-state index in [0.717, 1.165) is 24.0 Å². The lowest BCUT2D eigenvalue weighted by Gasteiger charge is -2.31. The number of carbonyl (C=O) groups excluding carboxylic acids is 1. The Hall–Kier alpha value is -2.17. The number of hydrogen-bond donors (Lipinski definition) is 2. The van der Waals surface area contributed by atoms with Crippen molar-refractivity contribution < 1.29 is 9.90 Å². The number of likely N-dealkylation sites (N-methyl/N-ethyl adjacent to an activating group) is 1. The molecule has 1 aliphatic carbocycles. The van der Waals surface area contributed by atoms with Crippen LogP contribution < -0.4 is 5.32 Å². The first kappa shape index (κ1) is 17.6. The standard InChI is InChI=1S/C21H26N2O2/c1-2-23(15-17-8-4-3-5-9-17)20(25)14-22-21(16-24)13-12-18-10-6-7-11-19(18)21/h3-11,22,24H,2,12-16H2,1H3. The summed E-state index contributed by atoms with van der Waals surface area (Å²) in [6.45, 7) is 3.50. The first-order chi connectivity index (χ1) is 12.2. The first-order valence-electron chi connectivity index (χ1n) is 8.94. The molecule has 0 bridgehead atoms. The van der Waals surface area contributed by atoms with Gasteiger partial charge in [-0.3, -0.25) is 10.1 Å². The van der Waals surface area contributed by atoms with Crippen LogP contribution in [0.4, 0.5) is 0 Å². The molecule has 132 valence electrons. The molecule has 4 nitrogen and oxygen atoms in total. The zero-order valence-corrected chi connectivity index (χ0v) is 14.7. The van der Waals surface area contributed by atoms with Gasteiger partial charge < -0.3 is 10.0 Å². The van der Waals surface area contributed by atoms with Crippen LogP contribution in [0.5, 0.6) is 0 Å². The quantitative estimate of drug-likeness (QED) is 0.815. The van der Waals surface area contributed by atoms with Crippen LogP contribution in [0.3, 0.4) is 0 Å². The molecule has 2 aromatic rings. The van der Waals surface area contributed by atoms with Crippen molar-refractivity contribution in [3.8, 4) is 0 Å². The number of nitrogens with zero attached hydrogens (tertiary/aromatic N) is 1. The highest BCUT2D eigenvalue weighted by Crippen LogP contribution is 2.36. The Balaban J connectivity index is 1.66. The number of aliphatic hydroxyl groups excluding tert-OH is 1. The van der Waals surface area contributed by atoms with Gasteiger partial charge in [-0.15, -0.1) is 0 Å². The molecule has 1 aliphatic rings. The topological polar surface area (TPSA) is 52.6 Å². The molecule has 2 N–H and O–H groups in total. The highest BCUT2D eigenvalue weighted by Gasteiger charge is 2.38. The SMILES string of the molecule is CCN(Cc1ccccc1)C(=O)CNC1(CO)CCc2ccccc21. The smallest absolute Gasteiger partial charge is 0.236 e. The third-order valence-corrected chi connectivity index (χ3v) is 5.15. The van der Waals surface area contributed by atoms with E-state index in [-0.39, 0.29) is 19.1 Å². The fourth-order valence-corrected chi connectivity index (χ4v) is 3.63. The molecule has 0 aliphatic heterocycles. The summed E-state index contributed by atoms with van der Waals surface area (Å²) in [5.74, 6) is 0.0589. The summed E-state index contributed by atoms with van der Waals surface area (Å²) >= 11 is 0. The lowest BCUT2D eigenvalue weighted by atomic mass is 9.92. The van der Waals surface area contributed by atoms with Crippen LogP contribution in [0.1, 0.15) is 30.0 Å². The molecule has 3 rings (SSSR count). The summed E-state index contributed by atoms with van der Waals surface area (Å²) in [6.07, 6.45) is 1.75. The summed E-state index contributed by atoms with van der Waals surface area (Å²) in [6, 6.07) is 18.2. The van der Waals surface area contributed by atoms with Crippen molar-refractivity contribution in [2.75, 3.05) is 19.7 Å². The third kappa shape index (κ3) is 3.75. The number of fused-ring (bicyclic) bond motifs is 1. The molecule has 0 aromatic heterocycles. The molecular formula is C21H26N2O2. The summed E-state index contributed by atoms with van der Waals surface area (Å²) in [4.78, 5) is 14.5. The molecule has 4 heteroatoms. The number of rotatable bonds is 7. The van der Waals surface area contributed by atoms with Crippen molar-refractivity contribution >= 4 is 5.91 Å². The van der Waals surface area contributed by atoms with E-state index < -0.39 is 5.54 Å². The van der Waals surface area contributed by atoms with E-state index in [0.29, 0.717) is 13.1 Å². The third-order valence-electron chi connectivity index (χ3n) is 5.15. The van der Waals surface area contributed by atoms with Crippen LogP contribution in [-0.4, -0.2) is 35.6 Å². The molecule has 2 aromatic carbocycles. The molecule has 1 unspecified atom stereocenters. The molecule has 0 saturated carbocycles. The van der Waals surface area contributed by atoms with Gasteiger partial charge in [-0.2, -0.15) is 0 Å². The minimum absolute atomic E-state index is 0.00209. The van der Waals surface area contributed by atoms with Crippen molar-refractivity contribution in [2.45, 2.75) is 31.8 Å². The predicted molar refractivity (Wildman–Crippen MR) is 99.1 cm³/mol. The average molecular weight is 338 g/mol. The van der Waals surface area contributed by atoms with Crippen LogP contribution >= 0.6 is 0 Å². The highest BCUT2D eigenvalue weighted by atomic mass is 16.3. The Kier molecular flexibility index (Phi) is 5.51. The summed E-state index contributed by atoms with van der Waals surface area (Å²) in [5, 5.41) is 13.4. The van der Waals surface area contributed by atoms with Gasteiger partial charge in [0.1, 0.15) is 0 Å². The van der Waals surface area contributed by atoms with Crippen LogP contribution in [-0.2, 0) is 23.3 Å². The molecule has 1 atom stereocenters. The molecule has 0 fully saturated rings. The lowest BCUT2D eigenvalue weighted by molar-refractivity contribution is -0.131. The molecule has 0 radical (unpaired) electrons. The van der Waals surface area contributed by atoms with Gasteiger partial charge in [0, 0.05) is 13.1 Å². The number of nitrogens with one attached hydrogen (secondary N) is 1. The Morgan fingerprint density at radius 3 is 2.60 bits per heavy atom. The van der Waals surface area contributed by atoms with Crippen molar-refractivity contribution in [1.29, 1.82) is 0 Å². The van der Waals surface area contributed by atoms with E-state index in [1.54, 1.807) is 0 Å². The summed E-state index contributed by atoms with van der Waals surface area (Å²) < 4.78 is 0. The number of carbonyl (C=O) groups is 1.